The number of anilines is 1. The van der Waals surface area contributed by atoms with Crippen molar-refractivity contribution in [1.29, 1.82) is 0 Å². The van der Waals surface area contributed by atoms with Gasteiger partial charge < -0.3 is 15.7 Å². The Morgan fingerprint density at radius 2 is 1.78 bits per heavy atom. The molecule has 1 atom stereocenters. The third kappa shape index (κ3) is 4.32. The molecular formula is C17H17BrN2O3. The first-order chi connectivity index (χ1) is 10.9. The van der Waals surface area contributed by atoms with Crippen LogP contribution in [0, 0.1) is 6.92 Å². The number of hydrogen-bond donors (Lipinski definition) is 3. The maximum atomic E-state index is 12.1. The van der Waals surface area contributed by atoms with E-state index in [1.165, 1.54) is 0 Å². The van der Waals surface area contributed by atoms with Crippen LogP contribution in [-0.2, 0) is 0 Å². The summed E-state index contributed by atoms with van der Waals surface area (Å²) in [5.41, 5.74) is 1.92. The highest BCUT2D eigenvalue weighted by atomic mass is 79.9. The van der Waals surface area contributed by atoms with Crippen LogP contribution >= 0.6 is 15.9 Å². The Kier molecular flexibility index (Phi) is 5.39. The fourth-order valence-corrected chi connectivity index (χ4v) is 2.51. The molecule has 0 aliphatic heterocycles. The molecule has 0 aromatic heterocycles. The quantitative estimate of drug-likeness (QED) is 0.742. The van der Waals surface area contributed by atoms with Crippen molar-refractivity contribution >= 4 is 33.6 Å². The van der Waals surface area contributed by atoms with Crippen LogP contribution < -0.4 is 10.6 Å². The zero-order chi connectivity index (χ0) is 17.0. The first-order valence-corrected chi connectivity index (χ1v) is 7.83. The number of benzene rings is 2. The SMILES string of the molecule is Cc1cccc(NC(=O)N[C@H](C)c2ccc(Br)cc2)c1C(=O)O. The van der Waals surface area contributed by atoms with Crippen LogP contribution in [-0.4, -0.2) is 17.1 Å². The van der Waals surface area contributed by atoms with Crippen molar-refractivity contribution in [2.45, 2.75) is 19.9 Å². The number of carbonyl (C=O) groups excluding carboxylic acids is 1. The normalized spacial score (nSPS) is 11.6. The Morgan fingerprint density at radius 1 is 1.13 bits per heavy atom. The Morgan fingerprint density at radius 3 is 2.39 bits per heavy atom. The third-order valence-electron chi connectivity index (χ3n) is 3.45. The Bertz CT molecular complexity index is 729. The second kappa shape index (κ2) is 7.28. The van der Waals surface area contributed by atoms with Crippen molar-refractivity contribution in [2.24, 2.45) is 0 Å². The smallest absolute Gasteiger partial charge is 0.338 e. The van der Waals surface area contributed by atoms with Gasteiger partial charge in [0.2, 0.25) is 0 Å². The van der Waals surface area contributed by atoms with Crippen LogP contribution in [0.5, 0.6) is 0 Å². The Balaban J connectivity index is 2.09. The molecule has 2 rings (SSSR count). The molecular weight excluding hydrogens is 360 g/mol. The lowest BCUT2D eigenvalue weighted by Gasteiger charge is -2.16. The molecule has 0 radical (unpaired) electrons. The zero-order valence-electron chi connectivity index (χ0n) is 12.8. The highest BCUT2D eigenvalue weighted by molar-refractivity contribution is 9.10. The summed E-state index contributed by atoms with van der Waals surface area (Å²) in [5.74, 6) is -1.07. The molecule has 0 saturated carbocycles. The second-order valence-corrected chi connectivity index (χ2v) is 6.09. The van der Waals surface area contributed by atoms with E-state index in [9.17, 15) is 14.7 Å². The minimum atomic E-state index is -1.07. The van der Waals surface area contributed by atoms with Crippen molar-refractivity contribution in [3.63, 3.8) is 0 Å². The van der Waals surface area contributed by atoms with Crippen molar-refractivity contribution in [3.05, 3.63) is 63.6 Å². The zero-order valence-corrected chi connectivity index (χ0v) is 14.3. The molecule has 2 amide bonds. The summed E-state index contributed by atoms with van der Waals surface area (Å²) < 4.78 is 0.962. The largest absolute Gasteiger partial charge is 0.478 e. The van der Waals surface area contributed by atoms with Gasteiger partial charge in [-0.2, -0.15) is 0 Å². The van der Waals surface area contributed by atoms with Gasteiger partial charge in [0.1, 0.15) is 0 Å². The van der Waals surface area contributed by atoms with Crippen LogP contribution in [0.4, 0.5) is 10.5 Å². The van der Waals surface area contributed by atoms with Crippen LogP contribution in [0.25, 0.3) is 0 Å². The predicted molar refractivity (Wildman–Crippen MR) is 92.8 cm³/mol. The second-order valence-electron chi connectivity index (χ2n) is 5.17. The van der Waals surface area contributed by atoms with E-state index < -0.39 is 12.0 Å². The number of carbonyl (C=O) groups is 2. The van der Waals surface area contributed by atoms with E-state index in [4.69, 9.17) is 0 Å². The Hall–Kier alpha value is -2.34. The predicted octanol–water partition coefficient (Wildman–Crippen LogP) is 4.34. The monoisotopic (exact) mass is 376 g/mol. The van der Waals surface area contributed by atoms with E-state index in [2.05, 4.69) is 26.6 Å². The van der Waals surface area contributed by atoms with Gasteiger partial charge >= 0.3 is 12.0 Å². The van der Waals surface area contributed by atoms with Gasteiger partial charge in [0.05, 0.1) is 17.3 Å². The number of hydrogen-bond acceptors (Lipinski definition) is 2. The third-order valence-corrected chi connectivity index (χ3v) is 3.98. The number of aryl methyl sites for hydroxylation is 1. The first-order valence-electron chi connectivity index (χ1n) is 7.04. The minimum Gasteiger partial charge on any atom is -0.478 e. The van der Waals surface area contributed by atoms with Gasteiger partial charge in [-0.25, -0.2) is 9.59 Å². The Labute approximate surface area is 142 Å². The average Bonchev–Trinajstić information content (AvgIpc) is 2.47. The number of amides is 2. The highest BCUT2D eigenvalue weighted by Crippen LogP contribution is 2.20. The van der Waals surface area contributed by atoms with Crippen LogP contribution in [0.1, 0.15) is 34.5 Å². The molecule has 2 aromatic carbocycles. The van der Waals surface area contributed by atoms with Crippen LogP contribution in [0.3, 0.4) is 0 Å². The molecule has 23 heavy (non-hydrogen) atoms. The number of carboxylic acid groups (broad SMARTS) is 1. The van der Waals surface area contributed by atoms with Crippen molar-refractivity contribution in [3.8, 4) is 0 Å². The lowest BCUT2D eigenvalue weighted by atomic mass is 10.1. The van der Waals surface area contributed by atoms with Gasteiger partial charge in [-0.15, -0.1) is 0 Å². The van der Waals surface area contributed by atoms with Crippen molar-refractivity contribution in [1.82, 2.24) is 5.32 Å². The van der Waals surface area contributed by atoms with Gasteiger partial charge in [0, 0.05) is 4.47 Å². The minimum absolute atomic E-state index is 0.0962. The molecule has 0 aliphatic carbocycles. The summed E-state index contributed by atoms with van der Waals surface area (Å²) in [7, 11) is 0. The van der Waals surface area contributed by atoms with Crippen LogP contribution in [0.15, 0.2) is 46.9 Å². The number of halogens is 1. The van der Waals surface area contributed by atoms with E-state index in [-0.39, 0.29) is 17.3 Å². The van der Waals surface area contributed by atoms with E-state index in [0.717, 1.165) is 10.0 Å². The molecule has 3 N–H and O–H groups in total. The summed E-state index contributed by atoms with van der Waals surface area (Å²) in [6, 6.07) is 11.9. The lowest BCUT2D eigenvalue weighted by molar-refractivity contribution is 0.0697. The number of aromatic carboxylic acids is 1. The number of nitrogens with one attached hydrogen (secondary N) is 2. The fourth-order valence-electron chi connectivity index (χ4n) is 2.25. The fraction of sp³-hybridized carbons (Fsp3) is 0.176. The molecule has 0 heterocycles. The molecule has 5 nitrogen and oxygen atoms in total. The highest BCUT2D eigenvalue weighted by Gasteiger charge is 2.16. The van der Waals surface area contributed by atoms with Crippen molar-refractivity contribution in [2.75, 3.05) is 5.32 Å². The van der Waals surface area contributed by atoms with Gasteiger partial charge in [-0.1, -0.05) is 40.2 Å². The van der Waals surface area contributed by atoms with Gasteiger partial charge in [-0.3, -0.25) is 0 Å². The van der Waals surface area contributed by atoms with E-state index in [1.807, 2.05) is 31.2 Å². The summed E-state index contributed by atoms with van der Waals surface area (Å²) >= 11 is 3.36. The maximum Gasteiger partial charge on any atom is 0.338 e. The molecule has 0 fully saturated rings. The average molecular weight is 377 g/mol. The summed E-state index contributed by atoms with van der Waals surface area (Å²) in [4.78, 5) is 23.4. The lowest BCUT2D eigenvalue weighted by Crippen LogP contribution is -2.31. The molecule has 0 aliphatic rings. The van der Waals surface area contributed by atoms with Gasteiger partial charge in [0.15, 0.2) is 0 Å². The van der Waals surface area contributed by atoms with Crippen molar-refractivity contribution < 1.29 is 14.7 Å². The van der Waals surface area contributed by atoms with Gasteiger partial charge in [0.25, 0.3) is 0 Å². The number of urea groups is 1. The molecule has 6 heteroatoms. The molecule has 2 aromatic rings. The van der Waals surface area contributed by atoms with Crippen LogP contribution in [0.2, 0.25) is 0 Å². The number of carboxylic acids is 1. The molecule has 0 spiro atoms. The van der Waals surface area contributed by atoms with E-state index in [0.29, 0.717) is 5.56 Å². The number of rotatable bonds is 4. The van der Waals surface area contributed by atoms with Gasteiger partial charge in [-0.05, 0) is 43.2 Å². The topological polar surface area (TPSA) is 78.4 Å². The molecule has 0 bridgehead atoms. The van der Waals surface area contributed by atoms with E-state index in [1.54, 1.807) is 25.1 Å². The molecule has 0 saturated heterocycles. The summed E-state index contributed by atoms with van der Waals surface area (Å²) in [5, 5.41) is 14.7. The van der Waals surface area contributed by atoms with E-state index >= 15 is 0 Å². The molecule has 120 valence electrons. The standard InChI is InChI=1S/C17H17BrN2O3/c1-10-4-3-5-14(15(10)16(21)22)20-17(23)19-11(2)12-6-8-13(18)9-7-12/h3-9,11H,1-2H3,(H,21,22)(H2,19,20,23)/t11-/m1/s1. The summed E-state index contributed by atoms with van der Waals surface area (Å²) in [6.45, 7) is 3.55. The first kappa shape index (κ1) is 17.0. The maximum absolute atomic E-state index is 12.1. The molecule has 0 unspecified atom stereocenters. The summed E-state index contributed by atoms with van der Waals surface area (Å²) in [6.07, 6.45) is 0.